The number of nitrogens with zero attached hydrogens (tertiary/aromatic N) is 2. The van der Waals surface area contributed by atoms with Crippen molar-refractivity contribution in [1.29, 1.82) is 0 Å². The van der Waals surface area contributed by atoms with Crippen LogP contribution in [0.3, 0.4) is 0 Å². The smallest absolute Gasteiger partial charge is 0.358 e. The summed E-state index contributed by atoms with van der Waals surface area (Å²) >= 11 is 0. The van der Waals surface area contributed by atoms with E-state index in [0.717, 1.165) is 12.8 Å². The lowest BCUT2D eigenvalue weighted by molar-refractivity contribution is 0.0593. The number of esters is 1. The molecule has 5 nitrogen and oxygen atoms in total. The van der Waals surface area contributed by atoms with Crippen molar-refractivity contribution >= 4 is 11.8 Å². The van der Waals surface area contributed by atoms with Crippen LogP contribution in [0.15, 0.2) is 12.1 Å². The van der Waals surface area contributed by atoms with Gasteiger partial charge in [0.1, 0.15) is 5.82 Å². The molecule has 0 amide bonds. The van der Waals surface area contributed by atoms with Gasteiger partial charge < -0.3 is 10.1 Å². The summed E-state index contributed by atoms with van der Waals surface area (Å²) in [7, 11) is 1.33. The lowest BCUT2D eigenvalue weighted by atomic mass is 9.92. The molecule has 1 N–H and O–H groups in total. The average Bonchev–Trinajstić information content (AvgIpc) is 2.68. The number of hydrogen-bond donors (Lipinski definition) is 1. The number of carbonyl (C=O) groups is 1. The third-order valence-electron chi connectivity index (χ3n) is 3.38. The van der Waals surface area contributed by atoms with E-state index < -0.39 is 5.97 Å². The van der Waals surface area contributed by atoms with Crippen LogP contribution in [0.25, 0.3) is 0 Å². The molecule has 0 saturated heterocycles. The fourth-order valence-electron chi connectivity index (χ4n) is 2.39. The Morgan fingerprint density at radius 3 is 2.72 bits per heavy atom. The highest BCUT2D eigenvalue weighted by Crippen LogP contribution is 2.37. The molecule has 5 heteroatoms. The predicted octanol–water partition coefficient (Wildman–Crippen LogP) is 2.25. The molecule has 1 fully saturated rings. The SMILES string of the molecule is COC(=O)c1ccc(NC2CCC(C)(C)C2)nn1. The minimum absolute atomic E-state index is 0.231. The Kier molecular flexibility index (Phi) is 3.50. The van der Waals surface area contributed by atoms with E-state index in [-0.39, 0.29) is 5.69 Å². The van der Waals surface area contributed by atoms with Gasteiger partial charge in [-0.2, -0.15) is 0 Å². The van der Waals surface area contributed by atoms with Gasteiger partial charge >= 0.3 is 5.97 Å². The van der Waals surface area contributed by atoms with Crippen molar-refractivity contribution < 1.29 is 9.53 Å². The van der Waals surface area contributed by atoms with Crippen LogP contribution in [0.2, 0.25) is 0 Å². The van der Waals surface area contributed by atoms with Crippen molar-refractivity contribution in [3.63, 3.8) is 0 Å². The molecule has 0 spiro atoms. The van der Waals surface area contributed by atoms with Gasteiger partial charge in [-0.3, -0.25) is 0 Å². The third-order valence-corrected chi connectivity index (χ3v) is 3.38. The number of methoxy groups -OCH3 is 1. The molecule has 18 heavy (non-hydrogen) atoms. The van der Waals surface area contributed by atoms with Crippen molar-refractivity contribution in [2.45, 2.75) is 39.2 Å². The molecular formula is C13H19N3O2. The van der Waals surface area contributed by atoms with Crippen molar-refractivity contribution in [3.8, 4) is 0 Å². The molecule has 1 aromatic heterocycles. The summed E-state index contributed by atoms with van der Waals surface area (Å²) in [5, 5.41) is 11.2. The Morgan fingerprint density at radius 1 is 1.44 bits per heavy atom. The largest absolute Gasteiger partial charge is 0.464 e. The first-order chi connectivity index (χ1) is 8.50. The van der Waals surface area contributed by atoms with Crippen LogP contribution in [-0.2, 0) is 4.74 Å². The molecule has 0 aliphatic heterocycles. The highest BCUT2D eigenvalue weighted by Gasteiger charge is 2.30. The summed E-state index contributed by atoms with van der Waals surface area (Å²) < 4.78 is 4.58. The number of nitrogens with one attached hydrogen (secondary N) is 1. The summed E-state index contributed by atoms with van der Waals surface area (Å²) in [6.07, 6.45) is 3.50. The summed E-state index contributed by atoms with van der Waals surface area (Å²) in [5.41, 5.74) is 0.631. The van der Waals surface area contributed by atoms with Gasteiger partial charge in [-0.1, -0.05) is 13.8 Å². The normalized spacial score (nSPS) is 21.6. The lowest BCUT2D eigenvalue weighted by Gasteiger charge is -2.17. The maximum Gasteiger partial charge on any atom is 0.358 e. The second-order valence-corrected chi connectivity index (χ2v) is 5.54. The zero-order chi connectivity index (χ0) is 13.2. The van der Waals surface area contributed by atoms with Gasteiger partial charge in [-0.25, -0.2) is 4.79 Å². The first-order valence-corrected chi connectivity index (χ1v) is 6.19. The molecule has 1 unspecified atom stereocenters. The fraction of sp³-hybridized carbons (Fsp3) is 0.615. The van der Waals surface area contributed by atoms with E-state index in [1.165, 1.54) is 13.5 Å². The minimum Gasteiger partial charge on any atom is -0.464 e. The summed E-state index contributed by atoms with van der Waals surface area (Å²) in [5.74, 6) is 0.251. The first-order valence-electron chi connectivity index (χ1n) is 6.19. The van der Waals surface area contributed by atoms with Crippen LogP contribution in [-0.4, -0.2) is 29.3 Å². The van der Waals surface area contributed by atoms with E-state index in [9.17, 15) is 4.79 Å². The number of rotatable bonds is 3. The monoisotopic (exact) mass is 249 g/mol. The fourth-order valence-corrected chi connectivity index (χ4v) is 2.39. The van der Waals surface area contributed by atoms with Crippen LogP contribution < -0.4 is 5.32 Å². The van der Waals surface area contributed by atoms with Gasteiger partial charge in [-0.15, -0.1) is 10.2 Å². The Bertz CT molecular complexity index is 428. The Hall–Kier alpha value is -1.65. The highest BCUT2D eigenvalue weighted by atomic mass is 16.5. The van der Waals surface area contributed by atoms with E-state index >= 15 is 0 Å². The van der Waals surface area contributed by atoms with Crippen molar-refractivity contribution in [1.82, 2.24) is 10.2 Å². The minimum atomic E-state index is -0.462. The van der Waals surface area contributed by atoms with Crippen LogP contribution in [0.5, 0.6) is 0 Å². The average molecular weight is 249 g/mol. The quantitative estimate of drug-likeness (QED) is 0.832. The van der Waals surface area contributed by atoms with Gasteiger partial charge in [-0.05, 0) is 36.8 Å². The molecule has 1 heterocycles. The van der Waals surface area contributed by atoms with Crippen molar-refractivity contribution in [3.05, 3.63) is 17.8 Å². The number of aromatic nitrogens is 2. The topological polar surface area (TPSA) is 64.1 Å². The van der Waals surface area contributed by atoms with E-state index in [4.69, 9.17) is 0 Å². The Labute approximate surface area is 107 Å². The Balaban J connectivity index is 1.97. The van der Waals surface area contributed by atoms with E-state index in [2.05, 4.69) is 34.1 Å². The maximum atomic E-state index is 11.2. The van der Waals surface area contributed by atoms with Crippen LogP contribution >= 0.6 is 0 Å². The second kappa shape index (κ2) is 4.92. The highest BCUT2D eigenvalue weighted by molar-refractivity contribution is 5.86. The number of carbonyl (C=O) groups excluding carboxylic acids is 1. The molecule has 98 valence electrons. The summed E-state index contributed by atoms with van der Waals surface area (Å²) in [6, 6.07) is 3.84. The van der Waals surface area contributed by atoms with Gasteiger partial charge in [0, 0.05) is 6.04 Å². The maximum absolute atomic E-state index is 11.2. The lowest BCUT2D eigenvalue weighted by Crippen LogP contribution is -2.19. The zero-order valence-electron chi connectivity index (χ0n) is 11.1. The number of ether oxygens (including phenoxy) is 1. The van der Waals surface area contributed by atoms with E-state index in [1.54, 1.807) is 12.1 Å². The van der Waals surface area contributed by atoms with Crippen LogP contribution in [0, 0.1) is 5.41 Å². The molecule has 2 rings (SSSR count). The summed E-state index contributed by atoms with van der Waals surface area (Å²) in [6.45, 7) is 4.56. The molecule has 1 atom stereocenters. The molecule has 0 radical (unpaired) electrons. The first kappa shape index (κ1) is 12.8. The van der Waals surface area contributed by atoms with Gasteiger partial charge in [0.05, 0.1) is 7.11 Å². The molecule has 1 aromatic rings. The van der Waals surface area contributed by atoms with Crippen molar-refractivity contribution in [2.24, 2.45) is 5.41 Å². The number of hydrogen-bond acceptors (Lipinski definition) is 5. The summed E-state index contributed by atoms with van der Waals surface area (Å²) in [4.78, 5) is 11.2. The van der Waals surface area contributed by atoms with E-state index in [1.807, 2.05) is 0 Å². The molecule has 1 aliphatic rings. The molecule has 0 bridgehead atoms. The van der Waals surface area contributed by atoms with Crippen molar-refractivity contribution in [2.75, 3.05) is 12.4 Å². The second-order valence-electron chi connectivity index (χ2n) is 5.54. The molecule has 1 saturated carbocycles. The third kappa shape index (κ3) is 2.97. The standard InChI is InChI=1S/C13H19N3O2/c1-13(2)7-6-9(8-13)14-11-5-4-10(15-16-11)12(17)18-3/h4-5,9H,6-8H2,1-3H3,(H,14,16). The van der Waals surface area contributed by atoms with Gasteiger partial charge in [0.2, 0.25) is 0 Å². The molecule has 1 aliphatic carbocycles. The van der Waals surface area contributed by atoms with Crippen LogP contribution in [0.1, 0.15) is 43.6 Å². The van der Waals surface area contributed by atoms with E-state index in [0.29, 0.717) is 17.3 Å². The molecular weight excluding hydrogens is 230 g/mol. The Morgan fingerprint density at radius 2 is 2.22 bits per heavy atom. The van der Waals surface area contributed by atoms with Gasteiger partial charge in [0.25, 0.3) is 0 Å². The zero-order valence-corrected chi connectivity index (χ0v) is 11.1. The van der Waals surface area contributed by atoms with Crippen LogP contribution in [0.4, 0.5) is 5.82 Å². The van der Waals surface area contributed by atoms with Gasteiger partial charge in [0.15, 0.2) is 5.69 Å². The number of anilines is 1. The molecule has 0 aromatic carbocycles. The predicted molar refractivity (Wildman–Crippen MR) is 68.4 cm³/mol.